The van der Waals surface area contributed by atoms with Crippen molar-refractivity contribution in [2.24, 2.45) is 0 Å². The Kier molecular flexibility index (Phi) is 3.42. The number of rotatable bonds is 3. The van der Waals surface area contributed by atoms with Gasteiger partial charge >= 0.3 is 0 Å². The van der Waals surface area contributed by atoms with E-state index in [1.54, 1.807) is 16.8 Å². The molecule has 1 aliphatic rings. The van der Waals surface area contributed by atoms with E-state index in [1.807, 2.05) is 29.9 Å². The van der Waals surface area contributed by atoms with E-state index in [2.05, 4.69) is 20.4 Å². The normalized spacial score (nSPS) is 17.3. The summed E-state index contributed by atoms with van der Waals surface area (Å²) in [4.78, 5) is 21.0. The zero-order chi connectivity index (χ0) is 15.8. The van der Waals surface area contributed by atoms with Crippen LogP contribution in [0.3, 0.4) is 0 Å². The van der Waals surface area contributed by atoms with Gasteiger partial charge in [0.05, 0.1) is 12.2 Å². The summed E-state index contributed by atoms with van der Waals surface area (Å²) in [5.41, 5.74) is 2.45. The number of pyridine rings is 1. The van der Waals surface area contributed by atoms with Crippen molar-refractivity contribution in [3.63, 3.8) is 0 Å². The van der Waals surface area contributed by atoms with Crippen molar-refractivity contribution in [2.45, 2.75) is 38.9 Å². The quantitative estimate of drug-likeness (QED) is 0.770. The SMILES string of the molecule is Cc1ccc2nc(CN[C@@H]3CCc4ncnn4C3)cc(=O)n2c1. The molecule has 0 aromatic carbocycles. The summed E-state index contributed by atoms with van der Waals surface area (Å²) in [6.07, 6.45) is 5.36. The van der Waals surface area contributed by atoms with Crippen molar-refractivity contribution >= 4 is 5.65 Å². The molecule has 0 aliphatic carbocycles. The summed E-state index contributed by atoms with van der Waals surface area (Å²) in [6, 6.07) is 5.76. The fourth-order valence-electron chi connectivity index (χ4n) is 3.00. The molecule has 0 spiro atoms. The first-order valence-corrected chi connectivity index (χ1v) is 7.78. The molecule has 118 valence electrons. The van der Waals surface area contributed by atoms with Crippen molar-refractivity contribution in [1.29, 1.82) is 0 Å². The first kappa shape index (κ1) is 14.1. The molecule has 7 nitrogen and oxygen atoms in total. The second-order valence-corrected chi connectivity index (χ2v) is 6.00. The zero-order valence-corrected chi connectivity index (χ0v) is 12.9. The predicted octanol–water partition coefficient (Wildman–Crippen LogP) is 0.699. The molecule has 1 atom stereocenters. The Morgan fingerprint density at radius 3 is 3.22 bits per heavy atom. The molecule has 3 aromatic rings. The molecule has 0 bridgehead atoms. The fraction of sp³-hybridized carbons (Fsp3) is 0.375. The maximum Gasteiger partial charge on any atom is 0.258 e. The summed E-state index contributed by atoms with van der Waals surface area (Å²) >= 11 is 0. The summed E-state index contributed by atoms with van der Waals surface area (Å²) in [5, 5.41) is 7.69. The van der Waals surface area contributed by atoms with Gasteiger partial charge in [0.1, 0.15) is 17.8 Å². The van der Waals surface area contributed by atoms with Gasteiger partial charge in [-0.15, -0.1) is 0 Å². The topological polar surface area (TPSA) is 77.1 Å². The molecule has 0 amide bonds. The van der Waals surface area contributed by atoms with Gasteiger partial charge < -0.3 is 5.32 Å². The molecule has 4 rings (SSSR count). The lowest BCUT2D eigenvalue weighted by atomic mass is 10.1. The monoisotopic (exact) mass is 310 g/mol. The molecule has 3 aromatic heterocycles. The van der Waals surface area contributed by atoms with Gasteiger partial charge in [-0.2, -0.15) is 5.10 Å². The van der Waals surface area contributed by atoms with Crippen LogP contribution in [0.1, 0.15) is 23.5 Å². The highest BCUT2D eigenvalue weighted by molar-refractivity contribution is 5.39. The molecule has 0 saturated heterocycles. The molecule has 23 heavy (non-hydrogen) atoms. The van der Waals surface area contributed by atoms with Crippen molar-refractivity contribution in [2.75, 3.05) is 0 Å². The van der Waals surface area contributed by atoms with Crippen LogP contribution in [-0.4, -0.2) is 30.2 Å². The minimum absolute atomic E-state index is 0.0438. The smallest absolute Gasteiger partial charge is 0.258 e. The minimum atomic E-state index is -0.0438. The molecule has 0 unspecified atom stereocenters. The number of hydrogen-bond donors (Lipinski definition) is 1. The second-order valence-electron chi connectivity index (χ2n) is 6.00. The average molecular weight is 310 g/mol. The van der Waals surface area contributed by atoms with Gasteiger partial charge in [0.25, 0.3) is 5.56 Å². The van der Waals surface area contributed by atoms with Crippen molar-refractivity contribution < 1.29 is 0 Å². The van der Waals surface area contributed by atoms with Gasteiger partial charge in [-0.25, -0.2) is 14.6 Å². The highest BCUT2D eigenvalue weighted by Crippen LogP contribution is 2.12. The molecular weight excluding hydrogens is 292 g/mol. The average Bonchev–Trinajstić information content (AvgIpc) is 3.01. The molecule has 7 heteroatoms. The Morgan fingerprint density at radius 2 is 2.30 bits per heavy atom. The summed E-state index contributed by atoms with van der Waals surface area (Å²) in [7, 11) is 0. The van der Waals surface area contributed by atoms with Gasteiger partial charge in [-0.3, -0.25) is 9.20 Å². The van der Waals surface area contributed by atoms with Crippen LogP contribution < -0.4 is 10.9 Å². The lowest BCUT2D eigenvalue weighted by Crippen LogP contribution is -2.37. The van der Waals surface area contributed by atoms with Crippen molar-refractivity contribution in [3.8, 4) is 0 Å². The number of aryl methyl sites for hydroxylation is 2. The zero-order valence-electron chi connectivity index (χ0n) is 12.9. The molecule has 4 heterocycles. The van der Waals surface area contributed by atoms with Gasteiger partial charge in [-0.1, -0.05) is 6.07 Å². The van der Waals surface area contributed by atoms with Crippen molar-refractivity contribution in [1.82, 2.24) is 29.5 Å². The van der Waals surface area contributed by atoms with Gasteiger partial charge in [0.15, 0.2) is 0 Å². The van der Waals surface area contributed by atoms with Crippen LogP contribution in [0.4, 0.5) is 0 Å². The largest absolute Gasteiger partial charge is 0.307 e. The Hall–Kier alpha value is -2.54. The maximum absolute atomic E-state index is 12.2. The standard InChI is InChI=1S/C16H18N6O/c1-11-2-4-15-20-13(6-16(23)21(15)8-11)7-17-12-3-5-14-18-10-19-22(14)9-12/h2,4,6,8,10,12,17H,3,5,7,9H2,1H3/t12-/m1/s1. The Balaban J connectivity index is 1.50. The number of nitrogens with zero attached hydrogens (tertiary/aromatic N) is 5. The van der Waals surface area contributed by atoms with Crippen LogP contribution in [0.15, 0.2) is 35.5 Å². The maximum atomic E-state index is 12.2. The summed E-state index contributed by atoms with van der Waals surface area (Å²) < 4.78 is 3.52. The Morgan fingerprint density at radius 1 is 1.39 bits per heavy atom. The van der Waals surface area contributed by atoms with E-state index in [-0.39, 0.29) is 5.56 Å². The van der Waals surface area contributed by atoms with E-state index in [0.29, 0.717) is 18.2 Å². The Bertz CT molecular complexity index is 912. The predicted molar refractivity (Wildman–Crippen MR) is 85.2 cm³/mol. The molecule has 0 fully saturated rings. The van der Waals surface area contributed by atoms with Crippen LogP contribution in [0.5, 0.6) is 0 Å². The van der Waals surface area contributed by atoms with Crippen LogP contribution in [-0.2, 0) is 19.5 Å². The molecular formula is C16H18N6O. The van der Waals surface area contributed by atoms with E-state index in [9.17, 15) is 4.79 Å². The van der Waals surface area contributed by atoms with Crippen LogP contribution in [0, 0.1) is 6.92 Å². The lowest BCUT2D eigenvalue weighted by molar-refractivity contribution is 0.356. The van der Waals surface area contributed by atoms with Crippen molar-refractivity contribution in [3.05, 3.63) is 58.2 Å². The van der Waals surface area contributed by atoms with E-state index < -0.39 is 0 Å². The number of nitrogens with one attached hydrogen (secondary N) is 1. The third kappa shape index (κ3) is 2.75. The Labute approximate surface area is 133 Å². The van der Waals surface area contributed by atoms with Gasteiger partial charge in [-0.05, 0) is 25.0 Å². The van der Waals surface area contributed by atoms with E-state index in [1.165, 1.54) is 0 Å². The first-order chi connectivity index (χ1) is 11.2. The van der Waals surface area contributed by atoms with E-state index in [4.69, 9.17) is 0 Å². The minimum Gasteiger partial charge on any atom is -0.307 e. The van der Waals surface area contributed by atoms with Gasteiger partial charge in [0.2, 0.25) is 0 Å². The van der Waals surface area contributed by atoms with Crippen LogP contribution >= 0.6 is 0 Å². The highest BCUT2D eigenvalue weighted by Gasteiger charge is 2.19. The number of fused-ring (bicyclic) bond motifs is 2. The number of aromatic nitrogens is 5. The number of hydrogen-bond acceptors (Lipinski definition) is 5. The third-order valence-corrected chi connectivity index (χ3v) is 4.24. The molecule has 0 radical (unpaired) electrons. The fourth-order valence-corrected chi connectivity index (χ4v) is 3.00. The van der Waals surface area contributed by atoms with Crippen LogP contribution in [0.25, 0.3) is 5.65 Å². The molecule has 1 aliphatic heterocycles. The van der Waals surface area contributed by atoms with E-state index >= 15 is 0 Å². The summed E-state index contributed by atoms with van der Waals surface area (Å²) in [6.45, 7) is 3.35. The summed E-state index contributed by atoms with van der Waals surface area (Å²) in [5.74, 6) is 1.04. The second kappa shape index (κ2) is 5.58. The lowest BCUT2D eigenvalue weighted by Gasteiger charge is -2.23. The van der Waals surface area contributed by atoms with Crippen LogP contribution in [0.2, 0.25) is 0 Å². The molecule has 1 N–H and O–H groups in total. The first-order valence-electron chi connectivity index (χ1n) is 7.78. The molecule has 0 saturated carbocycles. The highest BCUT2D eigenvalue weighted by atomic mass is 16.1. The van der Waals surface area contributed by atoms with E-state index in [0.717, 1.165) is 36.5 Å². The third-order valence-electron chi connectivity index (χ3n) is 4.24. The van der Waals surface area contributed by atoms with Gasteiger partial charge in [0, 0.05) is 31.3 Å².